The fraction of sp³-hybridized carbons (Fsp3) is 0.200. The number of rotatable bonds is 6. The second-order valence-electron chi connectivity index (χ2n) is 7.23. The third kappa shape index (κ3) is 3.94. The smallest absolute Gasteiger partial charge is 0.249 e. The van der Waals surface area contributed by atoms with Gasteiger partial charge in [0.1, 0.15) is 17.1 Å². The van der Waals surface area contributed by atoms with Crippen LogP contribution in [-0.4, -0.2) is 12.1 Å². The van der Waals surface area contributed by atoms with E-state index in [1.807, 2.05) is 55.5 Å². The zero-order chi connectivity index (χ0) is 21.1. The van der Waals surface area contributed by atoms with E-state index >= 15 is 0 Å². The lowest BCUT2D eigenvalue weighted by molar-refractivity contribution is -0.601. The first kappa shape index (κ1) is 20.1. The Labute approximate surface area is 181 Å². The highest BCUT2D eigenvalue weighted by molar-refractivity contribution is 7.15. The first-order chi connectivity index (χ1) is 14.6. The van der Waals surface area contributed by atoms with Crippen LogP contribution < -0.4 is 9.47 Å². The summed E-state index contributed by atoms with van der Waals surface area (Å²) in [5, 5.41) is 13.5. The van der Waals surface area contributed by atoms with Crippen LogP contribution in [0.4, 0.5) is 0 Å². The molecule has 4 nitrogen and oxygen atoms in total. The highest BCUT2D eigenvalue weighted by Crippen LogP contribution is 2.33. The lowest BCUT2D eigenvalue weighted by Gasteiger charge is -2.16. The molecule has 0 amide bonds. The van der Waals surface area contributed by atoms with Crippen LogP contribution in [0.1, 0.15) is 21.8 Å². The van der Waals surface area contributed by atoms with Gasteiger partial charge in [-0.15, -0.1) is 11.3 Å². The molecule has 0 N–H and O–H groups in total. The zero-order valence-corrected chi connectivity index (χ0v) is 18.2. The van der Waals surface area contributed by atoms with Gasteiger partial charge in [-0.1, -0.05) is 42.5 Å². The minimum atomic E-state index is 0.568. The van der Waals surface area contributed by atoms with Gasteiger partial charge in [-0.2, -0.15) is 4.73 Å². The third-order valence-corrected chi connectivity index (χ3v) is 6.21. The molecule has 5 heteroatoms. The number of aryl methyl sites for hydroxylation is 3. The van der Waals surface area contributed by atoms with E-state index in [1.165, 1.54) is 10.4 Å². The van der Waals surface area contributed by atoms with Crippen molar-refractivity contribution in [3.05, 3.63) is 93.8 Å². The molecular weight excluding hydrogens is 392 g/mol. The van der Waals surface area contributed by atoms with Crippen molar-refractivity contribution < 1.29 is 9.47 Å². The number of hydrogen-bond donors (Lipinski definition) is 0. The summed E-state index contributed by atoms with van der Waals surface area (Å²) < 4.78 is 6.58. The maximum absolute atomic E-state index is 13.5. The molecule has 2 aromatic carbocycles. The largest absolute Gasteiger partial charge is 0.618 e. The lowest BCUT2D eigenvalue weighted by Crippen LogP contribution is -2.36. The van der Waals surface area contributed by atoms with Crippen molar-refractivity contribution in [2.75, 3.05) is 7.11 Å². The maximum atomic E-state index is 13.5. The van der Waals surface area contributed by atoms with Gasteiger partial charge in [0.2, 0.25) is 11.4 Å². The minimum absolute atomic E-state index is 0.568. The Morgan fingerprint density at radius 2 is 1.67 bits per heavy atom. The highest BCUT2D eigenvalue weighted by atomic mass is 32.1. The lowest BCUT2D eigenvalue weighted by atomic mass is 10.0. The standard InChI is InChI=1S/C25H24N2O2S/c1-17-13-16-23(30-17)24-18(2)27(28)25(20-11-7-8-12-22(20)29-3)21(26-24)15-14-19-9-5-4-6-10-19/h4-13,16H,14-15H2,1-3H3. The summed E-state index contributed by atoms with van der Waals surface area (Å²) in [6.07, 6.45) is 1.47. The second-order valence-corrected chi connectivity index (χ2v) is 8.52. The van der Waals surface area contributed by atoms with E-state index in [4.69, 9.17) is 9.72 Å². The average molecular weight is 417 g/mol. The van der Waals surface area contributed by atoms with Gasteiger partial charge >= 0.3 is 0 Å². The highest BCUT2D eigenvalue weighted by Gasteiger charge is 2.26. The Morgan fingerprint density at radius 3 is 2.37 bits per heavy atom. The first-order valence-corrected chi connectivity index (χ1v) is 10.8. The number of nitrogens with zero attached hydrogens (tertiary/aromatic N) is 2. The summed E-state index contributed by atoms with van der Waals surface area (Å²) >= 11 is 1.66. The molecule has 0 saturated carbocycles. The van der Waals surface area contributed by atoms with Gasteiger partial charge in [-0.3, -0.25) is 0 Å². The van der Waals surface area contributed by atoms with Crippen LogP contribution in [0, 0.1) is 19.1 Å². The van der Waals surface area contributed by atoms with Crippen LogP contribution in [0.5, 0.6) is 5.75 Å². The van der Waals surface area contributed by atoms with Crippen molar-refractivity contribution in [2.24, 2.45) is 0 Å². The van der Waals surface area contributed by atoms with Crippen LogP contribution >= 0.6 is 11.3 Å². The van der Waals surface area contributed by atoms with Crippen molar-refractivity contribution in [3.63, 3.8) is 0 Å². The van der Waals surface area contributed by atoms with Gasteiger partial charge in [-0.25, -0.2) is 4.98 Å². The number of hydrogen-bond acceptors (Lipinski definition) is 4. The number of para-hydroxylation sites is 1. The molecule has 0 atom stereocenters. The quantitative estimate of drug-likeness (QED) is 0.307. The van der Waals surface area contributed by atoms with Crippen LogP contribution in [0.15, 0.2) is 66.7 Å². The topological polar surface area (TPSA) is 49.1 Å². The van der Waals surface area contributed by atoms with Gasteiger partial charge < -0.3 is 9.94 Å². The molecule has 0 fully saturated rings. The normalized spacial score (nSPS) is 10.9. The molecule has 0 aliphatic heterocycles. The SMILES string of the molecule is COc1ccccc1-c1c(CCc2ccccc2)nc(-c2ccc(C)s2)c(C)[n+]1[O-]. The Balaban J connectivity index is 1.88. The molecule has 152 valence electrons. The van der Waals surface area contributed by atoms with E-state index in [2.05, 4.69) is 25.1 Å². The Hall–Kier alpha value is -3.18. The molecule has 0 radical (unpaired) electrons. The van der Waals surface area contributed by atoms with Gasteiger partial charge in [0.25, 0.3) is 0 Å². The molecule has 2 aromatic heterocycles. The van der Waals surface area contributed by atoms with Crippen molar-refractivity contribution in [3.8, 4) is 27.6 Å². The van der Waals surface area contributed by atoms with Crippen molar-refractivity contribution >= 4 is 11.3 Å². The van der Waals surface area contributed by atoms with Gasteiger partial charge in [-0.05, 0) is 43.2 Å². The van der Waals surface area contributed by atoms with E-state index in [0.717, 1.165) is 33.0 Å². The molecule has 0 spiro atoms. The van der Waals surface area contributed by atoms with E-state index in [-0.39, 0.29) is 0 Å². The van der Waals surface area contributed by atoms with Crippen molar-refractivity contribution in [2.45, 2.75) is 26.7 Å². The number of methoxy groups -OCH3 is 1. The third-order valence-electron chi connectivity index (χ3n) is 5.20. The van der Waals surface area contributed by atoms with Gasteiger partial charge in [0.05, 0.1) is 17.6 Å². The maximum Gasteiger partial charge on any atom is 0.249 e. The number of aromatic nitrogens is 2. The average Bonchev–Trinajstić information content (AvgIpc) is 3.21. The van der Waals surface area contributed by atoms with E-state index in [9.17, 15) is 5.21 Å². The molecule has 4 rings (SSSR count). The molecule has 4 aromatic rings. The number of benzene rings is 2. The summed E-state index contributed by atoms with van der Waals surface area (Å²) in [7, 11) is 1.63. The molecule has 0 aliphatic carbocycles. The van der Waals surface area contributed by atoms with Crippen LogP contribution in [0.2, 0.25) is 0 Å². The Kier molecular flexibility index (Phi) is 5.81. The minimum Gasteiger partial charge on any atom is -0.618 e. The van der Waals surface area contributed by atoms with Crippen LogP contribution in [0.3, 0.4) is 0 Å². The number of thiophene rings is 1. The van der Waals surface area contributed by atoms with Gasteiger partial charge in [0.15, 0.2) is 0 Å². The molecule has 0 saturated heterocycles. The second kappa shape index (κ2) is 8.67. The number of ether oxygens (including phenoxy) is 1. The predicted molar refractivity (Wildman–Crippen MR) is 122 cm³/mol. The summed E-state index contributed by atoms with van der Waals surface area (Å²) in [4.78, 5) is 7.23. The van der Waals surface area contributed by atoms with Crippen molar-refractivity contribution in [1.29, 1.82) is 0 Å². The molecule has 30 heavy (non-hydrogen) atoms. The molecule has 0 unspecified atom stereocenters. The van der Waals surface area contributed by atoms with E-state index < -0.39 is 0 Å². The first-order valence-electron chi connectivity index (χ1n) is 9.95. The monoisotopic (exact) mass is 416 g/mol. The zero-order valence-electron chi connectivity index (χ0n) is 17.4. The fourth-order valence-electron chi connectivity index (χ4n) is 3.63. The Morgan fingerprint density at radius 1 is 0.933 bits per heavy atom. The summed E-state index contributed by atoms with van der Waals surface area (Å²) in [5.74, 6) is 0.670. The molecule has 0 bridgehead atoms. The van der Waals surface area contributed by atoms with E-state index in [1.54, 1.807) is 18.4 Å². The summed E-state index contributed by atoms with van der Waals surface area (Å²) in [5.41, 5.74) is 4.69. The fourth-order valence-corrected chi connectivity index (χ4v) is 4.54. The summed E-state index contributed by atoms with van der Waals surface area (Å²) in [6.45, 7) is 3.90. The van der Waals surface area contributed by atoms with E-state index in [0.29, 0.717) is 23.6 Å². The van der Waals surface area contributed by atoms with Crippen LogP contribution in [-0.2, 0) is 12.8 Å². The van der Waals surface area contributed by atoms with Crippen molar-refractivity contribution in [1.82, 2.24) is 4.98 Å². The predicted octanol–water partition coefficient (Wildman–Crippen LogP) is 5.52. The molecular formula is C25H24N2O2S. The summed E-state index contributed by atoms with van der Waals surface area (Å²) in [6, 6.07) is 22.0. The molecule has 2 heterocycles. The Bertz CT molecular complexity index is 1170. The molecule has 0 aliphatic rings. The van der Waals surface area contributed by atoms with Gasteiger partial charge in [0, 0.05) is 18.2 Å². The van der Waals surface area contributed by atoms with Crippen LogP contribution in [0.25, 0.3) is 21.8 Å².